The van der Waals surface area contributed by atoms with Gasteiger partial charge >= 0.3 is 6.01 Å². The standard InChI is InChI=1S/C12H14N4O/c1-12(2,7-13)8-16(14)11-15-9-5-3-4-6-10(9)17-11/h3-6H,8,14H2,1-2H3. The Labute approximate surface area is 99.4 Å². The lowest BCUT2D eigenvalue weighted by Gasteiger charge is -2.21. The molecule has 2 rings (SSSR count). The summed E-state index contributed by atoms with van der Waals surface area (Å²) in [6.07, 6.45) is 0. The first-order valence-corrected chi connectivity index (χ1v) is 5.31. The molecule has 0 aliphatic rings. The highest BCUT2D eigenvalue weighted by molar-refractivity contribution is 5.74. The van der Waals surface area contributed by atoms with Gasteiger partial charge in [0.1, 0.15) is 5.52 Å². The largest absolute Gasteiger partial charge is 0.422 e. The monoisotopic (exact) mass is 230 g/mol. The molecular weight excluding hydrogens is 216 g/mol. The van der Waals surface area contributed by atoms with Gasteiger partial charge in [-0.15, -0.1) is 0 Å². The molecule has 0 amide bonds. The van der Waals surface area contributed by atoms with Crippen LogP contribution in [0.25, 0.3) is 11.1 Å². The molecule has 0 fully saturated rings. The molecule has 0 atom stereocenters. The SMILES string of the molecule is CC(C)(C#N)CN(N)c1nc2ccccc2o1. The maximum absolute atomic E-state index is 8.95. The van der Waals surface area contributed by atoms with E-state index in [9.17, 15) is 0 Å². The number of hydrogen-bond acceptors (Lipinski definition) is 5. The zero-order chi connectivity index (χ0) is 12.5. The number of hydrogen-bond donors (Lipinski definition) is 1. The van der Waals surface area contributed by atoms with Gasteiger partial charge in [0.15, 0.2) is 5.58 Å². The number of hydrazine groups is 1. The summed E-state index contributed by atoms with van der Waals surface area (Å²) in [5.41, 5.74) is 0.899. The van der Waals surface area contributed by atoms with Gasteiger partial charge in [0.05, 0.1) is 18.0 Å². The highest BCUT2D eigenvalue weighted by Gasteiger charge is 2.22. The molecule has 0 saturated carbocycles. The number of aromatic nitrogens is 1. The van der Waals surface area contributed by atoms with Crippen molar-refractivity contribution in [3.63, 3.8) is 0 Å². The van der Waals surface area contributed by atoms with Gasteiger partial charge in [-0.3, -0.25) is 5.01 Å². The predicted octanol–water partition coefficient (Wildman–Crippen LogP) is 2.06. The third-order valence-electron chi connectivity index (χ3n) is 2.40. The molecule has 17 heavy (non-hydrogen) atoms. The average Bonchev–Trinajstić information content (AvgIpc) is 2.72. The first-order chi connectivity index (χ1) is 8.02. The zero-order valence-electron chi connectivity index (χ0n) is 9.84. The number of nitrogens with two attached hydrogens (primary N) is 1. The molecule has 0 saturated heterocycles. The second-order valence-electron chi connectivity index (χ2n) is 4.59. The summed E-state index contributed by atoms with van der Waals surface area (Å²) < 4.78 is 5.50. The normalized spacial score (nSPS) is 11.4. The number of anilines is 1. The Balaban J connectivity index is 2.25. The van der Waals surface area contributed by atoms with Crippen LogP contribution in [0.5, 0.6) is 0 Å². The van der Waals surface area contributed by atoms with Crippen molar-refractivity contribution in [1.29, 1.82) is 5.26 Å². The Morgan fingerprint density at radius 1 is 1.47 bits per heavy atom. The summed E-state index contributed by atoms with van der Waals surface area (Å²) in [7, 11) is 0. The third kappa shape index (κ3) is 2.37. The first-order valence-electron chi connectivity index (χ1n) is 5.31. The molecule has 0 unspecified atom stereocenters. The molecule has 5 nitrogen and oxygen atoms in total. The number of nitrogens with zero attached hydrogens (tertiary/aromatic N) is 3. The van der Waals surface area contributed by atoms with E-state index in [0.717, 1.165) is 5.52 Å². The Morgan fingerprint density at radius 2 is 2.18 bits per heavy atom. The first kappa shape index (κ1) is 11.4. The van der Waals surface area contributed by atoms with Crippen LogP contribution in [0.3, 0.4) is 0 Å². The van der Waals surface area contributed by atoms with Crippen LogP contribution >= 0.6 is 0 Å². The molecule has 88 valence electrons. The minimum atomic E-state index is -0.546. The van der Waals surface area contributed by atoms with Gasteiger partial charge in [0.2, 0.25) is 0 Å². The number of fused-ring (bicyclic) bond motifs is 1. The van der Waals surface area contributed by atoms with Gasteiger partial charge in [-0.1, -0.05) is 12.1 Å². The van der Waals surface area contributed by atoms with Gasteiger partial charge < -0.3 is 4.42 Å². The van der Waals surface area contributed by atoms with Crippen molar-refractivity contribution < 1.29 is 4.42 Å². The van der Waals surface area contributed by atoms with Crippen molar-refractivity contribution in [2.75, 3.05) is 11.6 Å². The van der Waals surface area contributed by atoms with E-state index in [1.165, 1.54) is 5.01 Å². The van der Waals surface area contributed by atoms with E-state index in [1.807, 2.05) is 38.1 Å². The molecule has 0 spiro atoms. The van der Waals surface area contributed by atoms with E-state index < -0.39 is 5.41 Å². The predicted molar refractivity (Wildman–Crippen MR) is 64.9 cm³/mol. The summed E-state index contributed by atoms with van der Waals surface area (Å²) in [5.74, 6) is 5.85. The number of rotatable bonds is 3. The second-order valence-corrected chi connectivity index (χ2v) is 4.59. The van der Waals surface area contributed by atoms with E-state index in [2.05, 4.69) is 11.1 Å². The van der Waals surface area contributed by atoms with Gasteiger partial charge in [-0.05, 0) is 26.0 Å². The Bertz CT molecular complexity index is 534. The van der Waals surface area contributed by atoms with Crippen LogP contribution < -0.4 is 10.9 Å². The summed E-state index contributed by atoms with van der Waals surface area (Å²) in [6.45, 7) is 3.99. The van der Waals surface area contributed by atoms with Crippen molar-refractivity contribution in [3.8, 4) is 6.07 Å². The van der Waals surface area contributed by atoms with Crippen LogP contribution in [-0.4, -0.2) is 11.5 Å². The van der Waals surface area contributed by atoms with E-state index in [-0.39, 0.29) is 0 Å². The number of para-hydroxylation sites is 2. The van der Waals surface area contributed by atoms with Crippen molar-refractivity contribution in [2.24, 2.45) is 11.3 Å². The fourth-order valence-corrected chi connectivity index (χ4v) is 1.51. The van der Waals surface area contributed by atoms with E-state index in [0.29, 0.717) is 18.1 Å². The van der Waals surface area contributed by atoms with E-state index in [1.54, 1.807) is 0 Å². The van der Waals surface area contributed by atoms with Crippen molar-refractivity contribution in [2.45, 2.75) is 13.8 Å². The summed E-state index contributed by atoms with van der Waals surface area (Å²) >= 11 is 0. The van der Waals surface area contributed by atoms with Crippen LogP contribution in [0.1, 0.15) is 13.8 Å². The van der Waals surface area contributed by atoms with Crippen molar-refractivity contribution in [3.05, 3.63) is 24.3 Å². The summed E-state index contributed by atoms with van der Waals surface area (Å²) in [5, 5.41) is 10.3. The summed E-state index contributed by atoms with van der Waals surface area (Å²) in [6, 6.07) is 9.95. The fraction of sp³-hybridized carbons (Fsp3) is 0.333. The molecule has 0 bridgehead atoms. The Morgan fingerprint density at radius 3 is 2.82 bits per heavy atom. The number of nitriles is 1. The van der Waals surface area contributed by atoms with E-state index >= 15 is 0 Å². The molecule has 0 radical (unpaired) electrons. The van der Waals surface area contributed by atoms with Crippen LogP contribution in [-0.2, 0) is 0 Å². The number of benzene rings is 1. The van der Waals surface area contributed by atoms with Crippen LogP contribution in [0.2, 0.25) is 0 Å². The van der Waals surface area contributed by atoms with Gasteiger partial charge in [-0.2, -0.15) is 10.2 Å². The minimum Gasteiger partial charge on any atom is -0.422 e. The van der Waals surface area contributed by atoms with Crippen molar-refractivity contribution in [1.82, 2.24) is 4.98 Å². The molecule has 2 aromatic rings. The molecule has 0 aliphatic heterocycles. The molecule has 1 aromatic carbocycles. The summed E-state index contributed by atoms with van der Waals surface area (Å²) in [4.78, 5) is 4.26. The topological polar surface area (TPSA) is 79.1 Å². The molecule has 0 aliphatic carbocycles. The zero-order valence-corrected chi connectivity index (χ0v) is 9.84. The van der Waals surface area contributed by atoms with Gasteiger partial charge in [0, 0.05) is 0 Å². The Kier molecular flexibility index (Phi) is 2.74. The molecule has 1 aromatic heterocycles. The third-order valence-corrected chi connectivity index (χ3v) is 2.40. The maximum Gasteiger partial charge on any atom is 0.313 e. The lowest BCUT2D eigenvalue weighted by atomic mass is 9.96. The highest BCUT2D eigenvalue weighted by Crippen LogP contribution is 2.22. The van der Waals surface area contributed by atoms with Crippen molar-refractivity contribution >= 4 is 17.1 Å². The minimum absolute atomic E-state index is 0.328. The fourth-order valence-electron chi connectivity index (χ4n) is 1.51. The molecular formula is C12H14N4O. The van der Waals surface area contributed by atoms with Crippen LogP contribution in [0, 0.1) is 16.7 Å². The highest BCUT2D eigenvalue weighted by atomic mass is 16.4. The van der Waals surface area contributed by atoms with Gasteiger partial charge in [0.25, 0.3) is 0 Å². The number of oxazole rings is 1. The lowest BCUT2D eigenvalue weighted by Crippen LogP contribution is -2.39. The molecule has 2 N–H and O–H groups in total. The second kappa shape index (κ2) is 4.07. The van der Waals surface area contributed by atoms with Crippen LogP contribution in [0.15, 0.2) is 28.7 Å². The van der Waals surface area contributed by atoms with Gasteiger partial charge in [-0.25, -0.2) is 5.84 Å². The quantitative estimate of drug-likeness (QED) is 0.645. The lowest BCUT2D eigenvalue weighted by molar-refractivity contribution is 0.460. The Hall–Kier alpha value is -2.06. The average molecular weight is 230 g/mol. The molecule has 5 heteroatoms. The smallest absolute Gasteiger partial charge is 0.313 e. The van der Waals surface area contributed by atoms with E-state index in [4.69, 9.17) is 15.5 Å². The van der Waals surface area contributed by atoms with Crippen LogP contribution in [0.4, 0.5) is 6.01 Å². The maximum atomic E-state index is 8.95. The molecule has 1 heterocycles.